The SMILES string of the molecule is C=CCc1cc(C=Nn2c(-c3cc(C(C)C)c(OC)cc3C)nc3ccccc3c2=O)cc(OCC)c1O[C@H](C)C(=O)OC. The van der Waals surface area contributed by atoms with E-state index in [2.05, 4.69) is 25.5 Å². The normalized spacial score (nSPS) is 12.0. The van der Waals surface area contributed by atoms with Crippen molar-refractivity contribution in [3.63, 3.8) is 0 Å². The number of para-hydroxylation sites is 1. The molecule has 0 N–H and O–H groups in total. The maximum absolute atomic E-state index is 13.9. The number of carbonyl (C=O) groups is 1. The monoisotopic (exact) mass is 597 g/mol. The molecule has 1 aromatic heterocycles. The summed E-state index contributed by atoms with van der Waals surface area (Å²) in [6.07, 6.45) is 2.91. The molecule has 0 saturated heterocycles. The second-order valence-electron chi connectivity index (χ2n) is 10.6. The van der Waals surface area contributed by atoms with Crippen LogP contribution in [0.25, 0.3) is 22.3 Å². The van der Waals surface area contributed by atoms with E-state index in [0.29, 0.717) is 46.8 Å². The quantitative estimate of drug-likeness (QED) is 0.105. The molecule has 0 aliphatic carbocycles. The van der Waals surface area contributed by atoms with Gasteiger partial charge in [0.05, 0.1) is 37.9 Å². The van der Waals surface area contributed by atoms with E-state index in [-0.39, 0.29) is 11.5 Å². The van der Waals surface area contributed by atoms with E-state index in [1.54, 1.807) is 44.5 Å². The molecule has 230 valence electrons. The molecular formula is C35H39N3O6. The van der Waals surface area contributed by atoms with Gasteiger partial charge in [-0.25, -0.2) is 9.78 Å². The number of methoxy groups -OCH3 is 2. The lowest BCUT2D eigenvalue weighted by molar-refractivity contribution is -0.147. The molecule has 0 aliphatic heterocycles. The van der Waals surface area contributed by atoms with Crippen LogP contribution in [0.4, 0.5) is 0 Å². The van der Waals surface area contributed by atoms with E-state index in [4.69, 9.17) is 23.9 Å². The molecular weight excluding hydrogens is 558 g/mol. The number of allylic oxidation sites excluding steroid dienone is 1. The first-order valence-corrected chi connectivity index (χ1v) is 14.5. The Morgan fingerprint density at radius 2 is 1.84 bits per heavy atom. The fourth-order valence-electron chi connectivity index (χ4n) is 4.95. The van der Waals surface area contributed by atoms with Crippen LogP contribution in [0.1, 0.15) is 55.9 Å². The Hall–Kier alpha value is -4.92. The van der Waals surface area contributed by atoms with Gasteiger partial charge in [0.15, 0.2) is 23.4 Å². The number of carbonyl (C=O) groups excluding carboxylic acids is 1. The first kappa shape index (κ1) is 32.0. The van der Waals surface area contributed by atoms with Gasteiger partial charge in [0, 0.05) is 11.1 Å². The summed E-state index contributed by atoms with van der Waals surface area (Å²) in [7, 11) is 2.96. The van der Waals surface area contributed by atoms with Gasteiger partial charge in [0.25, 0.3) is 5.56 Å². The Balaban J connectivity index is 1.92. The molecule has 0 fully saturated rings. The predicted molar refractivity (Wildman–Crippen MR) is 173 cm³/mol. The molecule has 0 amide bonds. The maximum atomic E-state index is 13.9. The van der Waals surface area contributed by atoms with Crippen molar-refractivity contribution in [2.24, 2.45) is 5.10 Å². The Morgan fingerprint density at radius 1 is 1.09 bits per heavy atom. The molecule has 1 heterocycles. The molecule has 0 unspecified atom stereocenters. The van der Waals surface area contributed by atoms with Crippen molar-refractivity contribution in [1.82, 2.24) is 9.66 Å². The first-order chi connectivity index (χ1) is 21.1. The number of fused-ring (bicyclic) bond motifs is 1. The zero-order chi connectivity index (χ0) is 32.0. The highest BCUT2D eigenvalue weighted by Gasteiger charge is 2.22. The summed E-state index contributed by atoms with van der Waals surface area (Å²) >= 11 is 0. The fraction of sp³-hybridized carbons (Fsp3) is 0.314. The van der Waals surface area contributed by atoms with Gasteiger partial charge in [0.1, 0.15) is 5.75 Å². The molecule has 0 spiro atoms. The second kappa shape index (κ2) is 14.0. The zero-order valence-corrected chi connectivity index (χ0v) is 26.3. The Bertz CT molecular complexity index is 1770. The Kier molecular flexibility index (Phi) is 10.2. The molecule has 44 heavy (non-hydrogen) atoms. The number of hydrogen-bond acceptors (Lipinski definition) is 8. The number of rotatable bonds is 12. The van der Waals surface area contributed by atoms with Crippen LogP contribution in [-0.4, -0.2) is 48.8 Å². The van der Waals surface area contributed by atoms with Gasteiger partial charge in [-0.15, -0.1) is 6.58 Å². The molecule has 4 aromatic rings. The van der Waals surface area contributed by atoms with Gasteiger partial charge in [-0.3, -0.25) is 4.79 Å². The van der Waals surface area contributed by atoms with Crippen LogP contribution in [0.5, 0.6) is 17.2 Å². The lowest BCUT2D eigenvalue weighted by atomic mass is 9.96. The van der Waals surface area contributed by atoms with Crippen molar-refractivity contribution in [1.29, 1.82) is 0 Å². The predicted octanol–water partition coefficient (Wildman–Crippen LogP) is 6.45. The third-order valence-corrected chi connectivity index (χ3v) is 7.16. The van der Waals surface area contributed by atoms with E-state index < -0.39 is 12.1 Å². The van der Waals surface area contributed by atoms with Crippen molar-refractivity contribution < 1.29 is 23.7 Å². The Morgan fingerprint density at radius 3 is 2.50 bits per heavy atom. The average Bonchev–Trinajstić information content (AvgIpc) is 3.01. The van der Waals surface area contributed by atoms with E-state index in [9.17, 15) is 9.59 Å². The highest BCUT2D eigenvalue weighted by Crippen LogP contribution is 2.36. The van der Waals surface area contributed by atoms with Gasteiger partial charge < -0.3 is 18.9 Å². The van der Waals surface area contributed by atoms with Crippen molar-refractivity contribution >= 4 is 23.1 Å². The van der Waals surface area contributed by atoms with Gasteiger partial charge in [-0.2, -0.15) is 9.78 Å². The lowest BCUT2D eigenvalue weighted by Crippen LogP contribution is -2.25. The summed E-state index contributed by atoms with van der Waals surface area (Å²) in [6.45, 7) is 13.8. The van der Waals surface area contributed by atoms with Crippen LogP contribution in [-0.2, 0) is 16.0 Å². The van der Waals surface area contributed by atoms with Gasteiger partial charge in [-0.05, 0) is 86.2 Å². The second-order valence-corrected chi connectivity index (χ2v) is 10.6. The number of hydrogen-bond donors (Lipinski definition) is 0. The van der Waals surface area contributed by atoms with E-state index in [1.165, 1.54) is 11.8 Å². The summed E-state index contributed by atoms with van der Waals surface area (Å²) < 4.78 is 23.7. The topological polar surface area (TPSA) is 101 Å². The molecule has 1 atom stereocenters. The van der Waals surface area contributed by atoms with E-state index in [1.807, 2.05) is 44.2 Å². The van der Waals surface area contributed by atoms with Crippen molar-refractivity contribution in [2.75, 3.05) is 20.8 Å². The average molecular weight is 598 g/mol. The molecule has 0 saturated carbocycles. The first-order valence-electron chi connectivity index (χ1n) is 14.5. The minimum Gasteiger partial charge on any atom is -0.496 e. The number of esters is 1. The maximum Gasteiger partial charge on any atom is 0.346 e. The zero-order valence-electron chi connectivity index (χ0n) is 26.3. The van der Waals surface area contributed by atoms with Crippen LogP contribution < -0.4 is 19.8 Å². The summed E-state index contributed by atoms with van der Waals surface area (Å²) in [5, 5.41) is 5.13. The van der Waals surface area contributed by atoms with Crippen LogP contribution in [0, 0.1) is 6.92 Å². The highest BCUT2D eigenvalue weighted by molar-refractivity contribution is 5.84. The number of aromatic nitrogens is 2. The van der Waals surface area contributed by atoms with Crippen LogP contribution in [0.3, 0.4) is 0 Å². The Labute approximate surface area is 257 Å². The number of ether oxygens (including phenoxy) is 4. The molecule has 3 aromatic carbocycles. The van der Waals surface area contributed by atoms with Crippen molar-refractivity contribution in [3.8, 4) is 28.6 Å². The summed E-state index contributed by atoms with van der Waals surface area (Å²) in [5.41, 5.74) is 4.34. The minimum absolute atomic E-state index is 0.177. The molecule has 0 aliphatic rings. The van der Waals surface area contributed by atoms with Crippen molar-refractivity contribution in [3.05, 3.63) is 93.8 Å². The lowest BCUT2D eigenvalue weighted by Gasteiger charge is -2.19. The number of aryl methyl sites for hydroxylation is 1. The van der Waals surface area contributed by atoms with Gasteiger partial charge in [-0.1, -0.05) is 32.1 Å². The van der Waals surface area contributed by atoms with Crippen LogP contribution in [0.2, 0.25) is 0 Å². The molecule has 9 heteroatoms. The van der Waals surface area contributed by atoms with E-state index >= 15 is 0 Å². The van der Waals surface area contributed by atoms with Crippen LogP contribution >= 0.6 is 0 Å². The molecule has 0 bridgehead atoms. The summed E-state index contributed by atoms with van der Waals surface area (Å²) in [5.74, 6) is 1.71. The van der Waals surface area contributed by atoms with E-state index in [0.717, 1.165) is 28.0 Å². The highest BCUT2D eigenvalue weighted by atomic mass is 16.6. The standard InChI is InChI=1S/C35H39N3O6/c1-9-13-25-17-24(18-31(43-10-2)32(25)44-23(6)35(40)42-8)20-36-38-33(37-29-15-12-11-14-26(29)34(38)39)28-19-27(21(3)4)30(41-7)16-22(28)5/h9,11-12,14-21,23H,1,10,13H2,2-8H3/t23-/m1/s1. The van der Waals surface area contributed by atoms with Crippen LogP contribution in [0.15, 0.2) is 71.1 Å². The molecule has 0 radical (unpaired) electrons. The third-order valence-electron chi connectivity index (χ3n) is 7.16. The molecule has 9 nitrogen and oxygen atoms in total. The smallest absolute Gasteiger partial charge is 0.346 e. The number of nitrogens with zero attached hydrogens (tertiary/aromatic N) is 3. The van der Waals surface area contributed by atoms with Gasteiger partial charge in [0.2, 0.25) is 0 Å². The van der Waals surface area contributed by atoms with Gasteiger partial charge >= 0.3 is 5.97 Å². The molecule has 4 rings (SSSR count). The third kappa shape index (κ3) is 6.67. The fourth-order valence-corrected chi connectivity index (χ4v) is 4.95. The minimum atomic E-state index is -0.851. The number of benzene rings is 3. The summed E-state index contributed by atoms with van der Waals surface area (Å²) in [4.78, 5) is 30.9. The summed E-state index contributed by atoms with van der Waals surface area (Å²) in [6, 6.07) is 14.8. The largest absolute Gasteiger partial charge is 0.496 e. The van der Waals surface area contributed by atoms with Crippen molar-refractivity contribution in [2.45, 2.75) is 53.1 Å².